The fraction of sp³-hybridized carbons (Fsp3) is 0.350. The van der Waals surface area contributed by atoms with Crippen LogP contribution in [-0.2, 0) is 25.0 Å². The van der Waals surface area contributed by atoms with Crippen LogP contribution in [0.3, 0.4) is 0 Å². The Morgan fingerprint density at radius 2 is 0.931 bits per heavy atom. The highest BCUT2D eigenvalue weighted by Gasteiger charge is 2.08. The van der Waals surface area contributed by atoms with Crippen LogP contribution in [0.5, 0.6) is 0 Å². The zero-order chi connectivity index (χ0) is 22.1. The Kier molecular flexibility index (Phi) is 9.64. The minimum absolute atomic E-state index is 0.0666. The molecule has 2 N–H and O–H groups in total. The highest BCUT2D eigenvalue weighted by molar-refractivity contribution is 7.86. The molecule has 0 aromatic heterocycles. The Labute approximate surface area is 172 Å². The molecule has 0 radical (unpaired) electrons. The van der Waals surface area contributed by atoms with Crippen LogP contribution < -0.4 is 0 Å². The van der Waals surface area contributed by atoms with E-state index in [1.165, 1.54) is 30.7 Å². The Balaban J connectivity index is 0.000000223. The van der Waals surface area contributed by atoms with Crippen LogP contribution >= 0.6 is 0 Å². The highest BCUT2D eigenvalue weighted by atomic mass is 32.2. The summed E-state index contributed by atoms with van der Waals surface area (Å²) < 4.78 is 59.1. The van der Waals surface area contributed by atoms with E-state index in [1.807, 2.05) is 13.8 Å². The molecule has 0 unspecified atom stereocenters. The van der Waals surface area contributed by atoms with Crippen LogP contribution in [0.2, 0.25) is 0 Å². The van der Waals surface area contributed by atoms with Gasteiger partial charge in [0.2, 0.25) is 0 Å². The molecule has 7 nitrogen and oxygen atoms in total. The van der Waals surface area contributed by atoms with Crippen molar-refractivity contribution in [2.24, 2.45) is 0 Å². The molecular formula is C20H26O7S2. The van der Waals surface area contributed by atoms with Crippen molar-refractivity contribution in [1.29, 1.82) is 0 Å². The van der Waals surface area contributed by atoms with Gasteiger partial charge in [-0.1, -0.05) is 41.8 Å². The number of ketones is 1. The van der Waals surface area contributed by atoms with Crippen molar-refractivity contribution in [3.8, 4) is 0 Å². The first kappa shape index (κ1) is 25.0. The fourth-order valence-electron chi connectivity index (χ4n) is 2.37. The lowest BCUT2D eigenvalue weighted by Gasteiger charge is -2.05. The Hall–Kier alpha value is -2.07. The molecule has 29 heavy (non-hydrogen) atoms. The van der Waals surface area contributed by atoms with E-state index in [2.05, 4.69) is 0 Å². The lowest BCUT2D eigenvalue weighted by molar-refractivity contribution is -0.120. The predicted molar refractivity (Wildman–Crippen MR) is 110 cm³/mol. The van der Waals surface area contributed by atoms with Crippen molar-refractivity contribution in [2.75, 3.05) is 0 Å². The van der Waals surface area contributed by atoms with E-state index < -0.39 is 20.2 Å². The molecule has 160 valence electrons. The maximum atomic E-state index is 10.5. The van der Waals surface area contributed by atoms with Gasteiger partial charge >= 0.3 is 0 Å². The normalized spacial score (nSPS) is 14.1. The van der Waals surface area contributed by atoms with Crippen molar-refractivity contribution in [1.82, 2.24) is 0 Å². The van der Waals surface area contributed by atoms with Crippen LogP contribution in [-0.4, -0.2) is 31.7 Å². The topological polar surface area (TPSA) is 126 Å². The lowest BCUT2D eigenvalue weighted by atomic mass is 10.00. The van der Waals surface area contributed by atoms with Crippen LogP contribution in [0, 0.1) is 13.8 Å². The van der Waals surface area contributed by atoms with Gasteiger partial charge in [0.1, 0.15) is 5.78 Å². The van der Waals surface area contributed by atoms with E-state index in [9.17, 15) is 21.6 Å². The molecule has 0 saturated heterocycles. The summed E-state index contributed by atoms with van der Waals surface area (Å²) in [6, 6.07) is 12.0. The molecule has 0 atom stereocenters. The average molecular weight is 443 g/mol. The highest BCUT2D eigenvalue weighted by Crippen LogP contribution is 2.12. The summed E-state index contributed by atoms with van der Waals surface area (Å²) in [6.45, 7) is 3.68. The van der Waals surface area contributed by atoms with Crippen molar-refractivity contribution >= 4 is 26.0 Å². The number of Topliss-reactive ketones (excluding diaryl/α,β-unsaturated/α-hetero) is 1. The first-order valence-electron chi connectivity index (χ1n) is 8.99. The second-order valence-corrected chi connectivity index (χ2v) is 9.52. The van der Waals surface area contributed by atoms with Gasteiger partial charge in [0.15, 0.2) is 0 Å². The maximum Gasteiger partial charge on any atom is 0.294 e. The van der Waals surface area contributed by atoms with Crippen molar-refractivity contribution < 1.29 is 30.7 Å². The van der Waals surface area contributed by atoms with Crippen LogP contribution in [0.15, 0.2) is 58.3 Å². The van der Waals surface area contributed by atoms with Crippen molar-refractivity contribution in [3.63, 3.8) is 0 Å². The molecule has 1 aliphatic rings. The molecule has 0 aliphatic heterocycles. The van der Waals surface area contributed by atoms with E-state index >= 15 is 0 Å². The number of hydrogen-bond acceptors (Lipinski definition) is 5. The zero-order valence-corrected chi connectivity index (χ0v) is 18.0. The maximum absolute atomic E-state index is 10.5. The molecule has 0 spiro atoms. The third kappa shape index (κ3) is 10.3. The van der Waals surface area contributed by atoms with Gasteiger partial charge in [-0.2, -0.15) is 16.8 Å². The predicted octanol–water partition coefficient (Wildman–Crippen LogP) is 4.00. The molecule has 0 heterocycles. The third-order valence-corrected chi connectivity index (χ3v) is 5.78. The number of carbonyl (C=O) groups excluding carboxylic acids is 1. The third-order valence-electron chi connectivity index (χ3n) is 4.05. The molecule has 9 heteroatoms. The van der Waals surface area contributed by atoms with E-state index in [1.54, 1.807) is 24.3 Å². The Morgan fingerprint density at radius 3 is 1.14 bits per heavy atom. The molecule has 2 aromatic carbocycles. The van der Waals surface area contributed by atoms with E-state index in [0.717, 1.165) is 36.8 Å². The van der Waals surface area contributed by atoms with Gasteiger partial charge in [-0.25, -0.2) is 0 Å². The van der Waals surface area contributed by atoms with Gasteiger partial charge in [-0.05, 0) is 51.0 Å². The molecule has 1 aliphatic carbocycles. The molecular weight excluding hydrogens is 416 g/mol. The van der Waals surface area contributed by atoms with Gasteiger partial charge in [0.05, 0.1) is 9.79 Å². The molecule has 3 rings (SSSR count). The number of benzene rings is 2. The summed E-state index contributed by atoms with van der Waals surface area (Å²) >= 11 is 0. The number of carbonyl (C=O) groups is 1. The molecule has 2 aromatic rings. The summed E-state index contributed by atoms with van der Waals surface area (Å²) in [5.41, 5.74) is 1.91. The van der Waals surface area contributed by atoms with Gasteiger partial charge in [0, 0.05) is 12.8 Å². The van der Waals surface area contributed by atoms with E-state index in [0.29, 0.717) is 5.78 Å². The number of aryl methyl sites for hydroxylation is 2. The summed E-state index contributed by atoms with van der Waals surface area (Å²) in [5.74, 6) is 0.464. The minimum Gasteiger partial charge on any atom is -0.300 e. The van der Waals surface area contributed by atoms with E-state index in [4.69, 9.17) is 9.11 Å². The second kappa shape index (κ2) is 11.2. The molecule has 0 bridgehead atoms. The summed E-state index contributed by atoms with van der Waals surface area (Å²) in [5, 5.41) is 0. The monoisotopic (exact) mass is 442 g/mol. The summed E-state index contributed by atoms with van der Waals surface area (Å²) in [6.07, 6.45) is 5.24. The van der Waals surface area contributed by atoms with Crippen LogP contribution in [0.25, 0.3) is 0 Å². The molecule has 1 fully saturated rings. The SMILES string of the molecule is Cc1ccc(S(=O)(=O)O)cc1.Cc1ccc(S(=O)(=O)O)cc1.O=C1CCCCC1. The van der Waals surface area contributed by atoms with Gasteiger partial charge in [0.25, 0.3) is 20.2 Å². The van der Waals surface area contributed by atoms with Gasteiger partial charge in [-0.3, -0.25) is 13.9 Å². The van der Waals surface area contributed by atoms with Gasteiger partial charge in [-0.15, -0.1) is 0 Å². The number of rotatable bonds is 2. The molecule has 1 saturated carbocycles. The minimum atomic E-state index is -4.02. The second-order valence-electron chi connectivity index (χ2n) is 6.68. The number of hydrogen-bond donors (Lipinski definition) is 2. The Morgan fingerprint density at radius 1 is 0.621 bits per heavy atom. The van der Waals surface area contributed by atoms with Crippen molar-refractivity contribution in [2.45, 2.75) is 55.7 Å². The summed E-state index contributed by atoms with van der Waals surface area (Å²) in [7, 11) is -8.04. The van der Waals surface area contributed by atoms with Crippen molar-refractivity contribution in [3.05, 3.63) is 59.7 Å². The first-order chi connectivity index (χ1) is 13.4. The quantitative estimate of drug-likeness (QED) is 0.673. The lowest BCUT2D eigenvalue weighted by Crippen LogP contribution is -2.02. The average Bonchev–Trinajstić information content (AvgIpc) is 2.63. The Bertz CT molecular complexity index is 910. The largest absolute Gasteiger partial charge is 0.300 e. The van der Waals surface area contributed by atoms with E-state index in [-0.39, 0.29) is 9.79 Å². The van der Waals surface area contributed by atoms with Crippen LogP contribution in [0.1, 0.15) is 43.2 Å². The summed E-state index contributed by atoms with van der Waals surface area (Å²) in [4.78, 5) is 10.3. The van der Waals surface area contributed by atoms with Gasteiger partial charge < -0.3 is 0 Å². The standard InChI is InChI=1S/2C7H8O3S.C6H10O/c2*1-6-2-4-7(5-3-6)11(8,9)10;7-6-4-2-1-3-5-6/h2*2-5H,1H3,(H,8,9,10);1-5H2. The molecule has 0 amide bonds. The first-order valence-corrected chi connectivity index (χ1v) is 11.9. The van der Waals surface area contributed by atoms with Crippen LogP contribution in [0.4, 0.5) is 0 Å². The smallest absolute Gasteiger partial charge is 0.294 e. The zero-order valence-electron chi connectivity index (χ0n) is 16.4. The fourth-order valence-corrected chi connectivity index (χ4v) is 3.33.